The van der Waals surface area contributed by atoms with Crippen LogP contribution in [0.4, 0.5) is 0 Å². The van der Waals surface area contributed by atoms with E-state index >= 15 is 0 Å². The number of rotatable bonds is 8. The second-order valence-electron chi connectivity index (χ2n) is 5.52. The van der Waals surface area contributed by atoms with Crippen molar-refractivity contribution in [3.8, 4) is 0 Å². The highest BCUT2D eigenvalue weighted by Gasteiger charge is 2.36. The molecule has 0 aromatic heterocycles. The van der Waals surface area contributed by atoms with Crippen molar-refractivity contribution < 1.29 is 14.2 Å². The van der Waals surface area contributed by atoms with Crippen molar-refractivity contribution in [3.05, 3.63) is 24.8 Å². The highest BCUT2D eigenvalue weighted by molar-refractivity contribution is 5.86. The number of Topliss-reactive ketones (excluding diaryl/α,β-unsaturated/α-hetero) is 1. The fourth-order valence-electron chi connectivity index (χ4n) is 2.20. The molecule has 3 heteroatoms. The molecule has 0 aliphatic carbocycles. The number of amides is 1. The van der Waals surface area contributed by atoms with Crippen LogP contribution in [0, 0.1) is 11.8 Å². The van der Waals surface area contributed by atoms with Crippen LogP contribution in [-0.2, 0) is 9.59 Å². The van der Waals surface area contributed by atoms with E-state index in [1.807, 2.05) is 27.7 Å². The largest absolute Gasteiger partial charge is 0.390 e. The van der Waals surface area contributed by atoms with E-state index in [0.717, 1.165) is 5.57 Å². The molecule has 1 amide bonds. The minimum atomic E-state index is -0.488. The fourth-order valence-corrected chi connectivity index (χ4v) is 2.20. The maximum Gasteiger partial charge on any atom is 0.390 e. The Kier molecular flexibility index (Phi) is 7.20. The van der Waals surface area contributed by atoms with Gasteiger partial charge in [-0.25, -0.2) is 4.79 Å². The van der Waals surface area contributed by atoms with Gasteiger partial charge in [0.1, 0.15) is 6.72 Å². The number of hydrogen-bond acceptors (Lipinski definition) is 2. The van der Waals surface area contributed by atoms with Gasteiger partial charge in [-0.05, 0) is 20.3 Å². The Morgan fingerprint density at radius 1 is 1.26 bits per heavy atom. The van der Waals surface area contributed by atoms with Crippen molar-refractivity contribution in [2.24, 2.45) is 11.8 Å². The van der Waals surface area contributed by atoms with E-state index in [1.165, 1.54) is 4.58 Å². The van der Waals surface area contributed by atoms with Crippen LogP contribution >= 0.6 is 0 Å². The van der Waals surface area contributed by atoms with E-state index in [1.54, 1.807) is 6.08 Å². The Morgan fingerprint density at radius 2 is 1.79 bits per heavy atom. The summed E-state index contributed by atoms with van der Waals surface area (Å²) in [4.78, 5) is 24.3. The Hall–Kier alpha value is -1.51. The zero-order chi connectivity index (χ0) is 15.2. The van der Waals surface area contributed by atoms with Gasteiger partial charge in [0.2, 0.25) is 11.8 Å². The summed E-state index contributed by atoms with van der Waals surface area (Å²) >= 11 is 0. The highest BCUT2D eigenvalue weighted by Crippen LogP contribution is 2.16. The molecule has 3 nitrogen and oxygen atoms in total. The Labute approximate surface area is 116 Å². The lowest BCUT2D eigenvalue weighted by Crippen LogP contribution is -2.42. The van der Waals surface area contributed by atoms with E-state index in [-0.39, 0.29) is 29.9 Å². The number of carbonyl (C=O) groups excluding carboxylic acids is 2. The highest BCUT2D eigenvalue weighted by atomic mass is 16.2. The molecule has 0 heterocycles. The molecule has 106 valence electrons. The molecule has 0 saturated carbocycles. The lowest BCUT2D eigenvalue weighted by molar-refractivity contribution is -0.478. The first kappa shape index (κ1) is 17.5. The van der Waals surface area contributed by atoms with Gasteiger partial charge in [-0.3, -0.25) is 4.79 Å². The summed E-state index contributed by atoms with van der Waals surface area (Å²) < 4.78 is 1.34. The number of hydrogen-bond donors (Lipinski definition) is 0. The van der Waals surface area contributed by atoms with Crippen LogP contribution < -0.4 is 0 Å². The van der Waals surface area contributed by atoms with Gasteiger partial charge in [0, 0.05) is 12.3 Å². The van der Waals surface area contributed by atoms with Crippen molar-refractivity contribution in [1.29, 1.82) is 0 Å². The van der Waals surface area contributed by atoms with Gasteiger partial charge in [0.25, 0.3) is 0 Å². The topological polar surface area (TPSA) is 37.1 Å². The Bertz CT molecular complexity index is 394. The van der Waals surface area contributed by atoms with Gasteiger partial charge in [0.15, 0.2) is 0 Å². The second kappa shape index (κ2) is 7.82. The van der Waals surface area contributed by atoms with Crippen LogP contribution in [-0.4, -0.2) is 29.0 Å². The third-order valence-electron chi connectivity index (χ3n) is 3.00. The van der Waals surface area contributed by atoms with Crippen LogP contribution in [0.3, 0.4) is 0 Å². The zero-order valence-corrected chi connectivity index (χ0v) is 12.6. The molecule has 0 aliphatic heterocycles. The summed E-state index contributed by atoms with van der Waals surface area (Å²) in [6.07, 6.45) is 2.44. The van der Waals surface area contributed by atoms with Crippen molar-refractivity contribution in [3.63, 3.8) is 0 Å². The maximum absolute atomic E-state index is 12.3. The Balaban J connectivity index is 5.00. The van der Waals surface area contributed by atoms with Gasteiger partial charge >= 0.3 is 5.91 Å². The van der Waals surface area contributed by atoms with Crippen molar-refractivity contribution in [2.45, 2.75) is 46.6 Å². The molecular formula is C16H26NO2+. The Morgan fingerprint density at radius 3 is 2.16 bits per heavy atom. The van der Waals surface area contributed by atoms with Crippen LogP contribution in [0.1, 0.15) is 40.5 Å². The smallest absolute Gasteiger partial charge is 0.292 e. The zero-order valence-electron chi connectivity index (χ0n) is 12.6. The molecule has 0 saturated heterocycles. The summed E-state index contributed by atoms with van der Waals surface area (Å²) in [6, 6.07) is -0.488. The first-order valence-electron chi connectivity index (χ1n) is 6.63. The molecule has 0 rings (SSSR count). The first-order valence-corrected chi connectivity index (χ1v) is 6.63. The normalized spacial score (nSPS) is 13.7. The predicted molar refractivity (Wildman–Crippen MR) is 79.4 cm³/mol. The maximum atomic E-state index is 12.3. The van der Waals surface area contributed by atoms with E-state index in [4.69, 9.17) is 0 Å². The monoisotopic (exact) mass is 264 g/mol. The summed E-state index contributed by atoms with van der Waals surface area (Å²) in [5, 5.41) is 0. The van der Waals surface area contributed by atoms with Gasteiger partial charge in [-0.15, -0.1) is 13.2 Å². The molecule has 2 atom stereocenters. The number of carbonyl (C=O) groups is 2. The van der Waals surface area contributed by atoms with Crippen molar-refractivity contribution >= 4 is 18.4 Å². The third kappa shape index (κ3) is 5.33. The van der Waals surface area contributed by atoms with Gasteiger partial charge in [0.05, 0.1) is 5.92 Å². The number of ketones is 1. The van der Waals surface area contributed by atoms with E-state index in [9.17, 15) is 9.59 Å². The molecular weight excluding hydrogens is 238 g/mol. The van der Waals surface area contributed by atoms with Crippen molar-refractivity contribution in [1.82, 2.24) is 0 Å². The van der Waals surface area contributed by atoms with E-state index in [2.05, 4.69) is 19.9 Å². The number of nitrogens with zero attached hydrogens (tertiary/aromatic N) is 1. The minimum Gasteiger partial charge on any atom is -0.292 e. The lowest BCUT2D eigenvalue weighted by atomic mass is 9.95. The van der Waals surface area contributed by atoms with Crippen LogP contribution in [0.25, 0.3) is 0 Å². The molecule has 0 bridgehead atoms. The van der Waals surface area contributed by atoms with E-state index < -0.39 is 6.04 Å². The minimum absolute atomic E-state index is 0.0177. The first-order chi connectivity index (χ1) is 8.72. The summed E-state index contributed by atoms with van der Waals surface area (Å²) in [5.74, 6) is -0.298. The van der Waals surface area contributed by atoms with Crippen LogP contribution in [0.15, 0.2) is 24.8 Å². The van der Waals surface area contributed by atoms with Gasteiger partial charge in [-0.2, -0.15) is 4.58 Å². The standard InChI is InChI=1S/C16H26NO2/c1-8-9-14(18)15(12(4)5)17(7)16(19)13(6)10-11(2)3/h8,12-13,15H,1-2,7,9-10H2,3-6H3/q+1/t13-,15-/m0/s1. The van der Waals surface area contributed by atoms with Crippen molar-refractivity contribution in [2.75, 3.05) is 0 Å². The molecule has 19 heavy (non-hydrogen) atoms. The van der Waals surface area contributed by atoms with Gasteiger partial charge < -0.3 is 0 Å². The fraction of sp³-hybridized carbons (Fsp3) is 0.562. The summed E-state index contributed by atoms with van der Waals surface area (Å²) in [5.41, 5.74) is 0.952. The lowest BCUT2D eigenvalue weighted by Gasteiger charge is -2.17. The molecule has 0 unspecified atom stereocenters. The molecule has 0 fully saturated rings. The third-order valence-corrected chi connectivity index (χ3v) is 3.00. The molecule has 0 aromatic rings. The average molecular weight is 264 g/mol. The molecule has 0 N–H and O–H groups in total. The number of allylic oxidation sites excluding steroid dienone is 2. The van der Waals surface area contributed by atoms with E-state index in [0.29, 0.717) is 6.42 Å². The predicted octanol–water partition coefficient (Wildman–Crippen LogP) is 3.00. The van der Waals surface area contributed by atoms with Gasteiger partial charge in [-0.1, -0.05) is 25.5 Å². The molecule has 0 aromatic carbocycles. The average Bonchev–Trinajstić information content (AvgIpc) is 2.26. The quantitative estimate of drug-likeness (QED) is 0.384. The second-order valence-corrected chi connectivity index (χ2v) is 5.52. The SMILES string of the molecule is C=CCC(=O)[C@H](C(C)C)[N+](=C)C(=O)[C@@H](C)CC(=C)C. The molecule has 0 spiro atoms. The summed E-state index contributed by atoms with van der Waals surface area (Å²) in [7, 11) is 0. The molecule has 0 aliphatic rings. The van der Waals surface area contributed by atoms with Crippen LogP contribution in [0.5, 0.6) is 0 Å². The molecule has 0 radical (unpaired) electrons. The van der Waals surface area contributed by atoms with Crippen LogP contribution in [0.2, 0.25) is 0 Å². The summed E-state index contributed by atoms with van der Waals surface area (Å²) in [6.45, 7) is 18.7.